The van der Waals surface area contributed by atoms with Gasteiger partial charge in [-0.1, -0.05) is 0 Å². The predicted octanol–water partition coefficient (Wildman–Crippen LogP) is 0.891. The number of carbonyl (C=O) groups excluding carboxylic acids is 1. The van der Waals surface area contributed by atoms with E-state index in [9.17, 15) is 9.59 Å². The van der Waals surface area contributed by atoms with E-state index in [0.29, 0.717) is 11.2 Å². The maximum Gasteiger partial charge on any atom is 0.259 e. The Morgan fingerprint density at radius 3 is 2.94 bits per heavy atom. The third kappa shape index (κ3) is 1.82. The van der Waals surface area contributed by atoms with Gasteiger partial charge in [-0.05, 0) is 31.2 Å². The van der Waals surface area contributed by atoms with E-state index in [1.807, 2.05) is 0 Å². The van der Waals surface area contributed by atoms with Crippen LogP contribution in [0, 0.1) is 0 Å². The molecule has 1 amide bonds. The van der Waals surface area contributed by atoms with Gasteiger partial charge in [-0.2, -0.15) is 0 Å². The molecule has 0 aliphatic heterocycles. The first kappa shape index (κ1) is 11.4. The first-order chi connectivity index (χ1) is 8.65. The fourth-order valence-corrected chi connectivity index (χ4v) is 3.74. The molecule has 3 rings (SSSR count). The van der Waals surface area contributed by atoms with Crippen molar-refractivity contribution in [3.05, 3.63) is 26.6 Å². The molecule has 1 aliphatic carbocycles. The molecule has 0 radical (unpaired) electrons. The number of rotatable bonds is 2. The third-order valence-electron chi connectivity index (χ3n) is 3.22. The van der Waals surface area contributed by atoms with Crippen LogP contribution in [0.15, 0.2) is 4.79 Å². The van der Waals surface area contributed by atoms with Crippen LogP contribution in [0.2, 0.25) is 0 Å². The number of aromatic nitrogens is 2. The molecule has 18 heavy (non-hydrogen) atoms. The van der Waals surface area contributed by atoms with E-state index in [1.54, 1.807) is 11.3 Å². The number of carbonyl (C=O) groups is 1. The first-order valence-electron chi connectivity index (χ1n) is 5.97. The molecule has 94 valence electrons. The maximum absolute atomic E-state index is 12.1. The molecule has 1 aliphatic rings. The fourth-order valence-electron chi connectivity index (χ4n) is 2.46. The van der Waals surface area contributed by atoms with E-state index in [4.69, 9.17) is 5.73 Å². The Bertz CT molecular complexity index is 686. The molecule has 0 spiro atoms. The van der Waals surface area contributed by atoms with Crippen LogP contribution in [-0.4, -0.2) is 15.9 Å². The molecule has 0 saturated carbocycles. The minimum absolute atomic E-state index is 0.0201. The maximum atomic E-state index is 12.1. The van der Waals surface area contributed by atoms with E-state index < -0.39 is 5.91 Å². The molecule has 0 atom stereocenters. The topological polar surface area (TPSA) is 88.8 Å². The molecule has 0 saturated heterocycles. The highest BCUT2D eigenvalue weighted by molar-refractivity contribution is 7.18. The van der Waals surface area contributed by atoms with Gasteiger partial charge in [0, 0.05) is 4.88 Å². The predicted molar refractivity (Wildman–Crippen MR) is 69.8 cm³/mol. The van der Waals surface area contributed by atoms with Gasteiger partial charge in [0.25, 0.3) is 5.56 Å². The number of nitrogens with one attached hydrogen (secondary N) is 1. The van der Waals surface area contributed by atoms with Crippen LogP contribution in [-0.2, 0) is 24.1 Å². The second-order valence-electron chi connectivity index (χ2n) is 4.55. The van der Waals surface area contributed by atoms with Crippen molar-refractivity contribution in [2.45, 2.75) is 32.1 Å². The number of fused-ring (bicyclic) bond motifs is 3. The summed E-state index contributed by atoms with van der Waals surface area (Å²) in [6.07, 6.45) is 4.26. The number of nitrogens with two attached hydrogens (primary N) is 1. The molecule has 0 unspecified atom stereocenters. The van der Waals surface area contributed by atoms with Crippen LogP contribution in [0.5, 0.6) is 0 Å². The second-order valence-corrected chi connectivity index (χ2v) is 5.63. The van der Waals surface area contributed by atoms with Crippen molar-refractivity contribution in [2.24, 2.45) is 5.73 Å². The van der Waals surface area contributed by atoms with E-state index in [0.717, 1.165) is 29.7 Å². The number of aryl methyl sites for hydroxylation is 2. The Hall–Kier alpha value is -1.69. The van der Waals surface area contributed by atoms with Crippen LogP contribution in [0.4, 0.5) is 0 Å². The third-order valence-corrected chi connectivity index (χ3v) is 4.40. The number of hydrogen-bond donors (Lipinski definition) is 2. The molecule has 3 N–H and O–H groups in total. The van der Waals surface area contributed by atoms with Crippen molar-refractivity contribution >= 4 is 27.5 Å². The Morgan fingerprint density at radius 1 is 1.39 bits per heavy atom. The van der Waals surface area contributed by atoms with Crippen molar-refractivity contribution in [3.8, 4) is 0 Å². The minimum atomic E-state index is -0.487. The monoisotopic (exact) mass is 263 g/mol. The van der Waals surface area contributed by atoms with Crippen LogP contribution in [0.1, 0.15) is 29.1 Å². The lowest BCUT2D eigenvalue weighted by Crippen LogP contribution is -2.19. The molecule has 0 fully saturated rings. The van der Waals surface area contributed by atoms with Crippen LogP contribution in [0.3, 0.4) is 0 Å². The zero-order valence-corrected chi connectivity index (χ0v) is 10.6. The largest absolute Gasteiger partial charge is 0.369 e. The van der Waals surface area contributed by atoms with Gasteiger partial charge in [0.2, 0.25) is 5.91 Å². The fraction of sp³-hybridized carbons (Fsp3) is 0.417. The lowest BCUT2D eigenvalue weighted by atomic mass is 9.97. The van der Waals surface area contributed by atoms with Gasteiger partial charge in [0.05, 0.1) is 11.8 Å². The number of amides is 1. The molecule has 0 aromatic carbocycles. The molecule has 2 heterocycles. The highest BCUT2D eigenvalue weighted by Crippen LogP contribution is 2.33. The van der Waals surface area contributed by atoms with Gasteiger partial charge in [-0.15, -0.1) is 11.3 Å². The molecule has 5 nitrogen and oxygen atoms in total. The van der Waals surface area contributed by atoms with Gasteiger partial charge in [-0.3, -0.25) is 9.59 Å². The standard InChI is InChI=1S/C12H13N3O2S/c13-8(16)5-9-14-11(17)10-6-3-1-2-4-7(6)18-12(10)15-9/h1-5H2,(H2,13,16)(H,14,15,17). The van der Waals surface area contributed by atoms with Gasteiger partial charge < -0.3 is 10.7 Å². The Kier molecular flexibility index (Phi) is 2.66. The molecule has 6 heteroatoms. The lowest BCUT2D eigenvalue weighted by molar-refractivity contribution is -0.117. The summed E-state index contributed by atoms with van der Waals surface area (Å²) in [5.41, 5.74) is 6.13. The van der Waals surface area contributed by atoms with E-state index in [2.05, 4.69) is 9.97 Å². The Labute approximate surface area is 107 Å². The second kappa shape index (κ2) is 4.20. The molecule has 2 aromatic heterocycles. The summed E-state index contributed by atoms with van der Waals surface area (Å²) in [6, 6.07) is 0. The normalized spacial score (nSPS) is 14.7. The molecule has 0 bridgehead atoms. The van der Waals surface area contributed by atoms with Crippen molar-refractivity contribution in [3.63, 3.8) is 0 Å². The van der Waals surface area contributed by atoms with Crippen molar-refractivity contribution in [1.82, 2.24) is 9.97 Å². The van der Waals surface area contributed by atoms with E-state index in [-0.39, 0.29) is 12.0 Å². The Morgan fingerprint density at radius 2 is 2.17 bits per heavy atom. The number of aromatic amines is 1. The van der Waals surface area contributed by atoms with Crippen molar-refractivity contribution in [1.29, 1.82) is 0 Å². The number of nitrogens with zero attached hydrogens (tertiary/aromatic N) is 1. The summed E-state index contributed by atoms with van der Waals surface area (Å²) < 4.78 is 0. The highest BCUT2D eigenvalue weighted by atomic mass is 32.1. The summed E-state index contributed by atoms with van der Waals surface area (Å²) >= 11 is 1.57. The average molecular weight is 263 g/mol. The minimum Gasteiger partial charge on any atom is -0.369 e. The summed E-state index contributed by atoms with van der Waals surface area (Å²) in [4.78, 5) is 32.0. The molecule has 2 aromatic rings. The molecular weight excluding hydrogens is 250 g/mol. The lowest BCUT2D eigenvalue weighted by Gasteiger charge is -2.09. The zero-order chi connectivity index (χ0) is 12.7. The summed E-state index contributed by atoms with van der Waals surface area (Å²) in [5, 5.41) is 0.711. The van der Waals surface area contributed by atoms with Crippen LogP contribution in [0.25, 0.3) is 10.2 Å². The number of hydrogen-bond acceptors (Lipinski definition) is 4. The number of H-pyrrole nitrogens is 1. The SMILES string of the molecule is NC(=O)Cc1nc2sc3c(c2c(=O)[nH]1)CCCC3. The average Bonchev–Trinajstić information content (AvgIpc) is 2.66. The molecular formula is C12H13N3O2S. The smallest absolute Gasteiger partial charge is 0.259 e. The van der Waals surface area contributed by atoms with Crippen LogP contribution < -0.4 is 11.3 Å². The Balaban J connectivity index is 2.20. The highest BCUT2D eigenvalue weighted by Gasteiger charge is 2.19. The summed E-state index contributed by atoms with van der Waals surface area (Å²) in [5.74, 6) is -0.127. The van der Waals surface area contributed by atoms with Gasteiger partial charge in [0.1, 0.15) is 10.7 Å². The van der Waals surface area contributed by atoms with Gasteiger partial charge in [-0.25, -0.2) is 4.98 Å². The van der Waals surface area contributed by atoms with Crippen molar-refractivity contribution in [2.75, 3.05) is 0 Å². The van der Waals surface area contributed by atoms with Crippen LogP contribution >= 0.6 is 11.3 Å². The van der Waals surface area contributed by atoms with Crippen molar-refractivity contribution < 1.29 is 4.79 Å². The summed E-state index contributed by atoms with van der Waals surface area (Å²) in [6.45, 7) is 0. The van der Waals surface area contributed by atoms with E-state index in [1.165, 1.54) is 11.3 Å². The summed E-state index contributed by atoms with van der Waals surface area (Å²) in [7, 11) is 0. The van der Waals surface area contributed by atoms with Gasteiger partial charge in [0.15, 0.2) is 0 Å². The first-order valence-corrected chi connectivity index (χ1v) is 6.78. The van der Waals surface area contributed by atoms with Gasteiger partial charge >= 0.3 is 0 Å². The quantitative estimate of drug-likeness (QED) is 0.843. The number of thiophene rings is 1. The number of primary amides is 1. The van der Waals surface area contributed by atoms with E-state index >= 15 is 0 Å². The zero-order valence-electron chi connectivity index (χ0n) is 9.78.